The number of benzene rings is 1. The molecule has 7 heteroatoms. The summed E-state index contributed by atoms with van der Waals surface area (Å²) in [6.07, 6.45) is 5.25. The van der Waals surface area contributed by atoms with Gasteiger partial charge in [0.2, 0.25) is 5.75 Å². The van der Waals surface area contributed by atoms with E-state index in [9.17, 15) is 0 Å². The zero-order valence-corrected chi connectivity index (χ0v) is 16.7. The van der Waals surface area contributed by atoms with Gasteiger partial charge in [-0.25, -0.2) is 4.98 Å². The molecule has 1 unspecified atom stereocenters. The van der Waals surface area contributed by atoms with Gasteiger partial charge in [0.25, 0.3) is 0 Å². The molecule has 0 amide bonds. The molecule has 0 spiro atoms. The first-order chi connectivity index (χ1) is 13.1. The van der Waals surface area contributed by atoms with Crippen LogP contribution in [-0.4, -0.2) is 61.9 Å². The topological polar surface area (TPSA) is 60.0 Å². The molecule has 0 N–H and O–H groups in total. The molecule has 0 saturated carbocycles. The minimum absolute atomic E-state index is 0.175. The normalized spacial score (nSPS) is 17.9. The van der Waals surface area contributed by atoms with Crippen molar-refractivity contribution < 1.29 is 14.2 Å². The summed E-state index contributed by atoms with van der Waals surface area (Å²) in [5.41, 5.74) is 1.13. The summed E-state index contributed by atoms with van der Waals surface area (Å²) >= 11 is 0. The molecule has 0 bridgehead atoms. The Morgan fingerprint density at radius 1 is 1.00 bits per heavy atom. The molecule has 1 fully saturated rings. The number of anilines is 1. The molecule has 7 nitrogen and oxygen atoms in total. The van der Waals surface area contributed by atoms with Gasteiger partial charge in [0.05, 0.1) is 33.6 Å². The molecule has 27 heavy (non-hydrogen) atoms. The predicted octanol–water partition coefficient (Wildman–Crippen LogP) is 2.77. The van der Waals surface area contributed by atoms with Crippen molar-refractivity contribution >= 4 is 5.82 Å². The Morgan fingerprint density at radius 2 is 1.70 bits per heavy atom. The lowest BCUT2D eigenvalue weighted by atomic mass is 9.99. The van der Waals surface area contributed by atoms with Crippen LogP contribution in [0.3, 0.4) is 0 Å². The highest BCUT2D eigenvalue weighted by molar-refractivity contribution is 5.55. The van der Waals surface area contributed by atoms with Crippen molar-refractivity contribution in [3.05, 3.63) is 36.3 Å². The number of hydrogen-bond donors (Lipinski definition) is 0. The van der Waals surface area contributed by atoms with E-state index in [-0.39, 0.29) is 6.04 Å². The largest absolute Gasteiger partial charge is 0.493 e. The molecule has 1 aliphatic rings. The lowest BCUT2D eigenvalue weighted by Crippen LogP contribution is -2.51. The Balaban J connectivity index is 1.99. The summed E-state index contributed by atoms with van der Waals surface area (Å²) in [4.78, 5) is 13.5. The number of aromatic nitrogens is 2. The van der Waals surface area contributed by atoms with E-state index in [1.807, 2.05) is 18.3 Å². The van der Waals surface area contributed by atoms with E-state index in [2.05, 4.69) is 33.6 Å². The highest BCUT2D eigenvalue weighted by atomic mass is 16.5. The molecule has 1 aliphatic heterocycles. The molecule has 3 rings (SSSR count). The Kier molecular flexibility index (Phi) is 6.01. The molecular weight excluding hydrogens is 344 g/mol. The van der Waals surface area contributed by atoms with Crippen molar-refractivity contribution in [3.8, 4) is 17.2 Å². The molecule has 2 aromatic rings. The molecule has 1 aromatic carbocycles. The zero-order valence-electron chi connectivity index (χ0n) is 16.7. The fourth-order valence-electron chi connectivity index (χ4n) is 3.67. The molecule has 146 valence electrons. The van der Waals surface area contributed by atoms with E-state index in [0.29, 0.717) is 23.3 Å². The van der Waals surface area contributed by atoms with Crippen molar-refractivity contribution in [2.75, 3.05) is 45.9 Å². The van der Waals surface area contributed by atoms with Crippen LogP contribution in [0.2, 0.25) is 0 Å². The van der Waals surface area contributed by atoms with Gasteiger partial charge >= 0.3 is 0 Å². The van der Waals surface area contributed by atoms with Crippen LogP contribution in [0.5, 0.6) is 17.2 Å². The van der Waals surface area contributed by atoms with Gasteiger partial charge in [-0.2, -0.15) is 0 Å². The SMILES string of the molecule is COc1cc(C2CN(c3cnccn3)CCN2C(C)C)cc(OC)c1OC. The summed E-state index contributed by atoms with van der Waals surface area (Å²) in [6, 6.07) is 4.68. The highest BCUT2D eigenvalue weighted by Crippen LogP contribution is 2.41. The number of nitrogens with zero attached hydrogens (tertiary/aromatic N) is 4. The van der Waals surface area contributed by atoms with E-state index < -0.39 is 0 Å². The minimum Gasteiger partial charge on any atom is -0.493 e. The van der Waals surface area contributed by atoms with Crippen LogP contribution in [0, 0.1) is 0 Å². The summed E-state index contributed by atoms with van der Waals surface area (Å²) in [5.74, 6) is 2.86. The third-order valence-electron chi connectivity index (χ3n) is 5.03. The summed E-state index contributed by atoms with van der Waals surface area (Å²) in [7, 11) is 4.92. The van der Waals surface area contributed by atoms with Crippen molar-refractivity contribution in [1.82, 2.24) is 14.9 Å². The molecule has 1 aromatic heterocycles. The second-order valence-electron chi connectivity index (χ2n) is 6.82. The van der Waals surface area contributed by atoms with Crippen molar-refractivity contribution in [1.29, 1.82) is 0 Å². The second kappa shape index (κ2) is 8.43. The van der Waals surface area contributed by atoms with Crippen LogP contribution in [0.25, 0.3) is 0 Å². The third-order valence-corrected chi connectivity index (χ3v) is 5.03. The highest BCUT2D eigenvalue weighted by Gasteiger charge is 2.32. The minimum atomic E-state index is 0.175. The molecule has 0 aliphatic carbocycles. The predicted molar refractivity (Wildman–Crippen MR) is 105 cm³/mol. The summed E-state index contributed by atoms with van der Waals surface area (Å²) < 4.78 is 16.6. The maximum atomic E-state index is 5.56. The maximum absolute atomic E-state index is 5.56. The van der Waals surface area contributed by atoms with Gasteiger partial charge < -0.3 is 19.1 Å². The smallest absolute Gasteiger partial charge is 0.203 e. The standard InChI is InChI=1S/C20H28N4O3/c1-14(2)24-9-8-23(19-12-21-6-7-22-19)13-16(24)15-10-17(25-3)20(27-5)18(11-15)26-4/h6-7,10-12,14,16H,8-9,13H2,1-5H3. The Bertz CT molecular complexity index is 729. The Morgan fingerprint density at radius 3 is 2.22 bits per heavy atom. The lowest BCUT2D eigenvalue weighted by Gasteiger charge is -2.44. The maximum Gasteiger partial charge on any atom is 0.203 e. The second-order valence-corrected chi connectivity index (χ2v) is 6.82. The van der Waals surface area contributed by atoms with Gasteiger partial charge in [-0.1, -0.05) is 0 Å². The number of rotatable bonds is 6. The summed E-state index contributed by atoms with van der Waals surface area (Å²) in [6.45, 7) is 7.12. The van der Waals surface area contributed by atoms with E-state index >= 15 is 0 Å². The van der Waals surface area contributed by atoms with E-state index in [1.54, 1.807) is 33.7 Å². The lowest BCUT2D eigenvalue weighted by molar-refractivity contribution is 0.136. The van der Waals surface area contributed by atoms with Gasteiger partial charge in [-0.05, 0) is 31.5 Å². The third kappa shape index (κ3) is 3.93. The fraction of sp³-hybridized carbons (Fsp3) is 0.500. The average Bonchev–Trinajstić information content (AvgIpc) is 2.72. The van der Waals surface area contributed by atoms with Crippen molar-refractivity contribution in [2.24, 2.45) is 0 Å². The molecular formula is C20H28N4O3. The molecule has 2 heterocycles. The van der Waals surface area contributed by atoms with Crippen LogP contribution < -0.4 is 19.1 Å². The van der Waals surface area contributed by atoms with Crippen LogP contribution in [0.15, 0.2) is 30.7 Å². The summed E-state index contributed by atoms with van der Waals surface area (Å²) in [5, 5.41) is 0. The van der Waals surface area contributed by atoms with E-state index in [1.165, 1.54) is 0 Å². The first kappa shape index (κ1) is 19.2. The molecule has 1 atom stereocenters. The Hall–Kier alpha value is -2.54. The zero-order chi connectivity index (χ0) is 19.4. The van der Waals surface area contributed by atoms with E-state index in [4.69, 9.17) is 14.2 Å². The van der Waals surface area contributed by atoms with Gasteiger partial charge in [-0.3, -0.25) is 9.88 Å². The molecule has 1 saturated heterocycles. The number of hydrogen-bond acceptors (Lipinski definition) is 7. The number of methoxy groups -OCH3 is 3. The van der Waals surface area contributed by atoms with Crippen LogP contribution in [0.1, 0.15) is 25.5 Å². The Labute approximate surface area is 160 Å². The number of piperazine rings is 1. The van der Waals surface area contributed by atoms with Crippen molar-refractivity contribution in [3.63, 3.8) is 0 Å². The van der Waals surface area contributed by atoms with Crippen LogP contribution >= 0.6 is 0 Å². The quantitative estimate of drug-likeness (QED) is 0.773. The van der Waals surface area contributed by atoms with Crippen LogP contribution in [0.4, 0.5) is 5.82 Å². The van der Waals surface area contributed by atoms with Gasteiger partial charge in [0, 0.05) is 38.1 Å². The molecule has 0 radical (unpaired) electrons. The van der Waals surface area contributed by atoms with Gasteiger partial charge in [0.1, 0.15) is 5.82 Å². The first-order valence-electron chi connectivity index (χ1n) is 9.15. The first-order valence-corrected chi connectivity index (χ1v) is 9.15. The fourth-order valence-corrected chi connectivity index (χ4v) is 3.67. The monoisotopic (exact) mass is 372 g/mol. The van der Waals surface area contributed by atoms with Crippen molar-refractivity contribution in [2.45, 2.75) is 25.9 Å². The average molecular weight is 372 g/mol. The number of ether oxygens (including phenoxy) is 3. The van der Waals surface area contributed by atoms with Gasteiger partial charge in [-0.15, -0.1) is 0 Å². The van der Waals surface area contributed by atoms with Gasteiger partial charge in [0.15, 0.2) is 11.5 Å². The van der Waals surface area contributed by atoms with E-state index in [0.717, 1.165) is 31.0 Å². The van der Waals surface area contributed by atoms with Crippen LogP contribution in [-0.2, 0) is 0 Å².